The maximum absolute atomic E-state index is 12.9. The highest BCUT2D eigenvalue weighted by molar-refractivity contribution is 6.30. The summed E-state index contributed by atoms with van der Waals surface area (Å²) in [6, 6.07) is 18.7. The molecule has 23 heavy (non-hydrogen) atoms. The van der Waals surface area contributed by atoms with E-state index in [2.05, 4.69) is 24.3 Å². The fourth-order valence-electron chi connectivity index (χ4n) is 3.85. The van der Waals surface area contributed by atoms with Crippen molar-refractivity contribution in [2.75, 3.05) is 6.54 Å². The van der Waals surface area contributed by atoms with E-state index in [9.17, 15) is 4.79 Å². The number of hydrogen-bond donors (Lipinski definition) is 0. The molecule has 2 aliphatic heterocycles. The zero-order chi connectivity index (χ0) is 15.8. The van der Waals surface area contributed by atoms with Crippen molar-refractivity contribution in [2.24, 2.45) is 0 Å². The second-order valence-electron chi connectivity index (χ2n) is 6.30. The molecule has 0 N–H and O–H groups in total. The van der Waals surface area contributed by atoms with Crippen LogP contribution in [0, 0.1) is 0 Å². The molecular weight excluding hydrogens is 308 g/mol. The molecular formula is C19H19ClN2O. The Bertz CT molecular complexity index is 701. The molecule has 118 valence electrons. The molecule has 2 unspecified atom stereocenters. The van der Waals surface area contributed by atoms with E-state index < -0.39 is 0 Å². The fraction of sp³-hybridized carbons (Fsp3) is 0.316. The molecule has 2 atom stereocenters. The summed E-state index contributed by atoms with van der Waals surface area (Å²) in [6.45, 7) is 1.53. The first kappa shape index (κ1) is 14.6. The maximum atomic E-state index is 12.9. The molecule has 0 aromatic heterocycles. The predicted octanol–water partition coefficient (Wildman–Crippen LogP) is 4.48. The Morgan fingerprint density at radius 3 is 2.52 bits per heavy atom. The molecule has 2 saturated heterocycles. The Labute approximate surface area is 141 Å². The third kappa shape index (κ3) is 2.59. The molecule has 3 nitrogen and oxygen atoms in total. The van der Waals surface area contributed by atoms with Gasteiger partial charge >= 0.3 is 6.03 Å². The first-order valence-electron chi connectivity index (χ1n) is 8.11. The van der Waals surface area contributed by atoms with Gasteiger partial charge in [0, 0.05) is 18.1 Å². The average molecular weight is 327 g/mol. The van der Waals surface area contributed by atoms with Crippen LogP contribution in [0.5, 0.6) is 0 Å². The van der Waals surface area contributed by atoms with Crippen molar-refractivity contribution in [2.45, 2.75) is 31.5 Å². The molecule has 0 saturated carbocycles. The molecule has 2 aromatic carbocycles. The largest absolute Gasteiger partial charge is 0.321 e. The minimum Gasteiger partial charge on any atom is -0.316 e. The van der Waals surface area contributed by atoms with Crippen LogP contribution in [0.25, 0.3) is 0 Å². The van der Waals surface area contributed by atoms with Crippen molar-refractivity contribution < 1.29 is 4.79 Å². The van der Waals surface area contributed by atoms with E-state index in [0.717, 1.165) is 24.4 Å². The molecule has 2 amide bonds. The fourth-order valence-corrected chi connectivity index (χ4v) is 3.98. The van der Waals surface area contributed by atoms with Crippen LogP contribution in [0.15, 0.2) is 54.6 Å². The van der Waals surface area contributed by atoms with Crippen LogP contribution in [-0.4, -0.2) is 28.4 Å². The van der Waals surface area contributed by atoms with Gasteiger partial charge in [0.25, 0.3) is 0 Å². The van der Waals surface area contributed by atoms with E-state index in [1.807, 2.05) is 40.1 Å². The van der Waals surface area contributed by atoms with Crippen molar-refractivity contribution in [3.63, 3.8) is 0 Å². The first-order valence-corrected chi connectivity index (χ1v) is 8.48. The Balaban J connectivity index is 1.65. The van der Waals surface area contributed by atoms with Gasteiger partial charge in [-0.25, -0.2) is 4.79 Å². The third-order valence-electron chi connectivity index (χ3n) is 4.90. The van der Waals surface area contributed by atoms with Gasteiger partial charge in [0.05, 0.1) is 12.1 Å². The van der Waals surface area contributed by atoms with Crippen LogP contribution in [0.3, 0.4) is 0 Å². The van der Waals surface area contributed by atoms with Crippen LogP contribution in [0.2, 0.25) is 5.02 Å². The minimum absolute atomic E-state index is 0.150. The Morgan fingerprint density at radius 1 is 1.04 bits per heavy atom. The number of carbonyl (C=O) groups excluding carboxylic acids is 1. The quantitative estimate of drug-likeness (QED) is 0.815. The smallest absolute Gasteiger partial charge is 0.316 e. The van der Waals surface area contributed by atoms with Gasteiger partial charge in [-0.2, -0.15) is 0 Å². The number of nitrogens with zero attached hydrogens (tertiary/aromatic N) is 2. The van der Waals surface area contributed by atoms with Gasteiger partial charge in [-0.3, -0.25) is 0 Å². The summed E-state index contributed by atoms with van der Waals surface area (Å²) in [5.41, 5.74) is 2.37. The minimum atomic E-state index is 0.150. The second kappa shape index (κ2) is 5.89. The van der Waals surface area contributed by atoms with E-state index in [1.54, 1.807) is 0 Å². The molecule has 2 heterocycles. The SMILES string of the molecule is O=C1N(Cc2ccccc2)C2CCCN1C2c1ccc(Cl)cc1. The van der Waals surface area contributed by atoms with Crippen LogP contribution in [-0.2, 0) is 6.54 Å². The number of benzene rings is 2. The van der Waals surface area contributed by atoms with Crippen LogP contribution < -0.4 is 0 Å². The zero-order valence-corrected chi connectivity index (χ0v) is 13.6. The molecule has 0 spiro atoms. The molecule has 2 fully saturated rings. The average Bonchev–Trinajstić information content (AvgIpc) is 2.74. The Morgan fingerprint density at radius 2 is 1.78 bits per heavy atom. The van der Waals surface area contributed by atoms with Crippen molar-refractivity contribution in [1.29, 1.82) is 0 Å². The highest BCUT2D eigenvalue weighted by Gasteiger charge is 2.48. The number of fused-ring (bicyclic) bond motifs is 2. The van der Waals surface area contributed by atoms with Crippen LogP contribution >= 0.6 is 11.6 Å². The summed E-state index contributed by atoms with van der Waals surface area (Å²) in [5.74, 6) is 0. The lowest BCUT2D eigenvalue weighted by molar-refractivity contribution is 0.186. The lowest BCUT2D eigenvalue weighted by Gasteiger charge is -2.32. The van der Waals surface area contributed by atoms with Crippen molar-refractivity contribution in [3.8, 4) is 0 Å². The number of piperidine rings is 1. The van der Waals surface area contributed by atoms with E-state index in [1.165, 1.54) is 11.1 Å². The number of urea groups is 1. The summed E-state index contributed by atoms with van der Waals surface area (Å²) in [5, 5.41) is 0.736. The molecule has 4 rings (SSSR count). The van der Waals surface area contributed by atoms with Gasteiger partial charge < -0.3 is 9.80 Å². The lowest BCUT2D eigenvalue weighted by atomic mass is 9.92. The van der Waals surface area contributed by atoms with Gasteiger partial charge in [0.15, 0.2) is 0 Å². The van der Waals surface area contributed by atoms with E-state index >= 15 is 0 Å². The van der Waals surface area contributed by atoms with Gasteiger partial charge in [0.1, 0.15) is 0 Å². The Kier molecular flexibility index (Phi) is 3.74. The molecule has 4 heteroatoms. The number of halogens is 1. The summed E-state index contributed by atoms with van der Waals surface area (Å²) in [6.07, 6.45) is 2.13. The van der Waals surface area contributed by atoms with Gasteiger partial charge in [-0.1, -0.05) is 54.1 Å². The van der Waals surface area contributed by atoms with E-state index in [0.29, 0.717) is 6.54 Å². The zero-order valence-electron chi connectivity index (χ0n) is 12.9. The predicted molar refractivity (Wildman–Crippen MR) is 91.3 cm³/mol. The molecule has 2 bridgehead atoms. The highest BCUT2D eigenvalue weighted by atomic mass is 35.5. The summed E-state index contributed by atoms with van der Waals surface area (Å²) < 4.78 is 0. The topological polar surface area (TPSA) is 23.6 Å². The van der Waals surface area contributed by atoms with Gasteiger partial charge in [0.2, 0.25) is 0 Å². The van der Waals surface area contributed by atoms with Gasteiger partial charge in [-0.05, 0) is 36.1 Å². The van der Waals surface area contributed by atoms with E-state index in [-0.39, 0.29) is 18.1 Å². The molecule has 2 aliphatic rings. The number of amides is 2. The van der Waals surface area contributed by atoms with Crippen molar-refractivity contribution in [1.82, 2.24) is 9.80 Å². The van der Waals surface area contributed by atoms with E-state index in [4.69, 9.17) is 11.6 Å². The maximum Gasteiger partial charge on any atom is 0.321 e. The Hall–Kier alpha value is -2.00. The van der Waals surface area contributed by atoms with Crippen molar-refractivity contribution in [3.05, 3.63) is 70.7 Å². The molecule has 0 aliphatic carbocycles. The monoisotopic (exact) mass is 326 g/mol. The standard InChI is InChI=1S/C19H19ClN2O/c20-16-10-8-15(9-11-16)18-17-7-4-12-21(18)19(23)22(17)13-14-5-2-1-3-6-14/h1-3,5-6,8-11,17-18H,4,7,12-13H2. The van der Waals surface area contributed by atoms with Crippen molar-refractivity contribution >= 4 is 17.6 Å². The number of rotatable bonds is 3. The molecule has 0 radical (unpaired) electrons. The first-order chi connectivity index (χ1) is 11.2. The number of hydrogen-bond acceptors (Lipinski definition) is 1. The van der Waals surface area contributed by atoms with Crippen LogP contribution in [0.4, 0.5) is 4.79 Å². The lowest BCUT2D eigenvalue weighted by Crippen LogP contribution is -2.35. The summed E-state index contributed by atoms with van der Waals surface area (Å²) in [7, 11) is 0. The summed E-state index contributed by atoms with van der Waals surface area (Å²) >= 11 is 6.01. The highest BCUT2D eigenvalue weighted by Crippen LogP contribution is 2.42. The third-order valence-corrected chi connectivity index (χ3v) is 5.15. The number of carbonyl (C=O) groups is 1. The normalized spacial score (nSPS) is 23.4. The second-order valence-corrected chi connectivity index (χ2v) is 6.73. The molecule has 2 aromatic rings. The van der Waals surface area contributed by atoms with Gasteiger partial charge in [-0.15, -0.1) is 0 Å². The summed E-state index contributed by atoms with van der Waals surface area (Å²) in [4.78, 5) is 16.9. The van der Waals surface area contributed by atoms with Crippen LogP contribution in [0.1, 0.15) is 30.0 Å².